The lowest BCUT2D eigenvalue weighted by Crippen LogP contribution is -2.23. The highest BCUT2D eigenvalue weighted by atomic mass is 19.1. The van der Waals surface area contributed by atoms with Crippen LogP contribution >= 0.6 is 0 Å². The summed E-state index contributed by atoms with van der Waals surface area (Å²) in [5.74, 6) is 1.04. The average molecular weight is 304 g/mol. The molecule has 6 nitrogen and oxygen atoms in total. The Morgan fingerprint density at radius 1 is 1.41 bits per heavy atom. The van der Waals surface area contributed by atoms with Crippen LogP contribution in [0.1, 0.15) is 18.6 Å². The van der Waals surface area contributed by atoms with Crippen molar-refractivity contribution >= 4 is 0 Å². The number of halogens is 1. The zero-order valence-electron chi connectivity index (χ0n) is 12.5. The summed E-state index contributed by atoms with van der Waals surface area (Å²) in [4.78, 5) is 6.15. The molecule has 2 rings (SSSR count). The molecule has 1 atom stereocenters. The third kappa shape index (κ3) is 4.82. The predicted octanol–water partition coefficient (Wildman–Crippen LogP) is 2.38. The molecule has 0 saturated heterocycles. The molecule has 0 fully saturated rings. The molecule has 7 heteroatoms. The molecule has 2 aromatic rings. The first-order valence-electron chi connectivity index (χ1n) is 6.85. The van der Waals surface area contributed by atoms with Gasteiger partial charge in [-0.3, -0.25) is 4.90 Å². The van der Waals surface area contributed by atoms with Crippen LogP contribution in [-0.2, 0) is 13.2 Å². The largest absolute Gasteiger partial charge is 0.485 e. The first-order chi connectivity index (χ1) is 10.6. The molecule has 116 valence electrons. The van der Waals surface area contributed by atoms with Crippen molar-refractivity contribution < 1.29 is 13.7 Å². The first kappa shape index (κ1) is 15.9. The van der Waals surface area contributed by atoms with E-state index in [0.29, 0.717) is 30.6 Å². The molecule has 0 saturated carbocycles. The molecule has 1 heterocycles. The minimum Gasteiger partial charge on any atom is -0.485 e. The fourth-order valence-electron chi connectivity index (χ4n) is 1.90. The average Bonchev–Trinajstić information content (AvgIpc) is 2.93. The molecular weight excluding hydrogens is 287 g/mol. The van der Waals surface area contributed by atoms with E-state index in [1.165, 1.54) is 24.3 Å². The predicted molar refractivity (Wildman–Crippen MR) is 76.1 cm³/mol. The summed E-state index contributed by atoms with van der Waals surface area (Å²) < 4.78 is 23.3. The minimum absolute atomic E-state index is 0.0609. The van der Waals surface area contributed by atoms with Crippen molar-refractivity contribution in [2.24, 2.45) is 5.92 Å². The van der Waals surface area contributed by atoms with Gasteiger partial charge in [0.1, 0.15) is 11.6 Å². The second kappa shape index (κ2) is 7.52. The van der Waals surface area contributed by atoms with E-state index in [0.717, 1.165) is 0 Å². The van der Waals surface area contributed by atoms with Crippen molar-refractivity contribution in [2.75, 3.05) is 13.6 Å². The van der Waals surface area contributed by atoms with E-state index in [2.05, 4.69) is 16.2 Å². The van der Waals surface area contributed by atoms with Crippen molar-refractivity contribution in [3.05, 3.63) is 41.8 Å². The highest BCUT2D eigenvalue weighted by molar-refractivity contribution is 5.22. The highest BCUT2D eigenvalue weighted by Gasteiger charge is 2.11. The van der Waals surface area contributed by atoms with Gasteiger partial charge in [0.05, 0.1) is 18.5 Å². The van der Waals surface area contributed by atoms with Crippen LogP contribution in [0.3, 0.4) is 0 Å². The van der Waals surface area contributed by atoms with E-state index in [1.807, 2.05) is 18.9 Å². The Labute approximate surface area is 128 Å². The second-order valence-electron chi connectivity index (χ2n) is 5.07. The molecule has 0 aliphatic heterocycles. The Morgan fingerprint density at radius 3 is 2.82 bits per heavy atom. The van der Waals surface area contributed by atoms with Crippen LogP contribution < -0.4 is 4.74 Å². The molecule has 0 aliphatic rings. The van der Waals surface area contributed by atoms with Crippen molar-refractivity contribution in [3.63, 3.8) is 0 Å². The molecule has 0 bridgehead atoms. The standard InChI is InChI=1S/C15H17FN4O2/c1-11(7-17)8-20(2)9-15-18-14(19-22-15)10-21-13-5-3-12(16)4-6-13/h3-6,11H,8-10H2,1-2H3/t11-/m1/s1. The van der Waals surface area contributed by atoms with Gasteiger partial charge in [0, 0.05) is 6.54 Å². The van der Waals surface area contributed by atoms with E-state index in [4.69, 9.17) is 14.5 Å². The van der Waals surface area contributed by atoms with Gasteiger partial charge < -0.3 is 9.26 Å². The van der Waals surface area contributed by atoms with Crippen molar-refractivity contribution in [1.29, 1.82) is 5.26 Å². The molecule has 22 heavy (non-hydrogen) atoms. The van der Waals surface area contributed by atoms with Crippen LogP contribution in [0.2, 0.25) is 0 Å². The molecule has 0 N–H and O–H groups in total. The van der Waals surface area contributed by atoms with Gasteiger partial charge in [0.2, 0.25) is 11.7 Å². The van der Waals surface area contributed by atoms with E-state index in [9.17, 15) is 4.39 Å². The quantitative estimate of drug-likeness (QED) is 0.781. The van der Waals surface area contributed by atoms with Gasteiger partial charge in [-0.25, -0.2) is 4.39 Å². The smallest absolute Gasteiger partial charge is 0.240 e. The zero-order chi connectivity index (χ0) is 15.9. The summed E-state index contributed by atoms with van der Waals surface area (Å²) in [6, 6.07) is 7.89. The Morgan fingerprint density at radius 2 is 2.14 bits per heavy atom. The maximum Gasteiger partial charge on any atom is 0.240 e. The molecule has 1 aromatic carbocycles. The summed E-state index contributed by atoms with van der Waals surface area (Å²) in [6.45, 7) is 3.09. The van der Waals surface area contributed by atoms with Crippen molar-refractivity contribution in [2.45, 2.75) is 20.1 Å². The molecule has 0 unspecified atom stereocenters. The summed E-state index contributed by atoms with van der Waals surface area (Å²) in [5, 5.41) is 12.6. The number of nitrogens with zero attached hydrogens (tertiary/aromatic N) is 4. The van der Waals surface area contributed by atoms with Crippen LogP contribution in [0.5, 0.6) is 5.75 Å². The van der Waals surface area contributed by atoms with Gasteiger partial charge in [-0.15, -0.1) is 0 Å². The third-order valence-corrected chi connectivity index (χ3v) is 2.90. The number of hydrogen-bond acceptors (Lipinski definition) is 6. The number of aromatic nitrogens is 2. The van der Waals surface area contributed by atoms with Gasteiger partial charge >= 0.3 is 0 Å². The van der Waals surface area contributed by atoms with Gasteiger partial charge in [0.15, 0.2) is 6.61 Å². The molecule has 0 aliphatic carbocycles. The van der Waals surface area contributed by atoms with Crippen LogP contribution in [0.25, 0.3) is 0 Å². The number of nitriles is 1. The fraction of sp³-hybridized carbons (Fsp3) is 0.400. The normalized spacial score (nSPS) is 12.1. The van der Waals surface area contributed by atoms with Crippen LogP contribution in [0, 0.1) is 23.1 Å². The Hall–Kier alpha value is -2.46. The summed E-state index contributed by atoms with van der Waals surface area (Å²) in [6.07, 6.45) is 0. The lowest BCUT2D eigenvalue weighted by molar-refractivity contribution is 0.250. The molecule has 0 spiro atoms. The van der Waals surface area contributed by atoms with E-state index in [1.54, 1.807) is 0 Å². The van der Waals surface area contributed by atoms with Crippen LogP contribution in [-0.4, -0.2) is 28.6 Å². The summed E-state index contributed by atoms with van der Waals surface area (Å²) >= 11 is 0. The maximum atomic E-state index is 12.8. The van der Waals surface area contributed by atoms with Gasteiger partial charge in [-0.05, 0) is 38.2 Å². The summed E-state index contributed by atoms with van der Waals surface area (Å²) in [7, 11) is 1.88. The Balaban J connectivity index is 1.83. The minimum atomic E-state index is -0.316. The van der Waals surface area contributed by atoms with E-state index < -0.39 is 0 Å². The van der Waals surface area contributed by atoms with Gasteiger partial charge in [-0.1, -0.05) is 5.16 Å². The van der Waals surface area contributed by atoms with E-state index in [-0.39, 0.29) is 18.3 Å². The molecule has 1 aromatic heterocycles. The van der Waals surface area contributed by atoms with E-state index >= 15 is 0 Å². The third-order valence-electron chi connectivity index (χ3n) is 2.90. The number of benzene rings is 1. The second-order valence-corrected chi connectivity index (χ2v) is 5.07. The molecule has 0 amide bonds. The zero-order valence-corrected chi connectivity index (χ0v) is 12.5. The van der Waals surface area contributed by atoms with Crippen molar-refractivity contribution in [3.8, 4) is 11.8 Å². The van der Waals surface area contributed by atoms with Gasteiger partial charge in [0.25, 0.3) is 0 Å². The van der Waals surface area contributed by atoms with Gasteiger partial charge in [-0.2, -0.15) is 10.2 Å². The van der Waals surface area contributed by atoms with Crippen molar-refractivity contribution in [1.82, 2.24) is 15.0 Å². The maximum absolute atomic E-state index is 12.8. The number of ether oxygens (including phenoxy) is 1. The van der Waals surface area contributed by atoms with Crippen LogP contribution in [0.4, 0.5) is 4.39 Å². The highest BCUT2D eigenvalue weighted by Crippen LogP contribution is 2.13. The number of rotatable bonds is 7. The Kier molecular flexibility index (Phi) is 5.44. The SMILES string of the molecule is C[C@H](C#N)CN(C)Cc1nc(COc2ccc(F)cc2)no1. The van der Waals surface area contributed by atoms with Crippen LogP contribution in [0.15, 0.2) is 28.8 Å². The molecular formula is C15H17FN4O2. The summed E-state index contributed by atoms with van der Waals surface area (Å²) in [5.41, 5.74) is 0. The lowest BCUT2D eigenvalue weighted by Gasteiger charge is -2.14. The molecule has 0 radical (unpaired) electrons. The first-order valence-corrected chi connectivity index (χ1v) is 6.85. The Bertz CT molecular complexity index is 636. The fourth-order valence-corrected chi connectivity index (χ4v) is 1.90. The topological polar surface area (TPSA) is 75.2 Å². The lowest BCUT2D eigenvalue weighted by atomic mass is 10.2. The monoisotopic (exact) mass is 304 g/mol. The number of hydrogen-bond donors (Lipinski definition) is 0.